The van der Waals surface area contributed by atoms with E-state index < -0.39 is 11.9 Å². The maximum Gasteiger partial charge on any atom is 0.406 e. The topological polar surface area (TPSA) is 125 Å². The summed E-state index contributed by atoms with van der Waals surface area (Å²) in [6.07, 6.45) is 7.69. The number of fused-ring (bicyclic) bond motifs is 6. The number of phenols is 1. The van der Waals surface area contributed by atoms with Gasteiger partial charge in [0, 0.05) is 62.5 Å². The van der Waals surface area contributed by atoms with E-state index in [1.807, 2.05) is 18.2 Å². The van der Waals surface area contributed by atoms with Gasteiger partial charge < -0.3 is 30.1 Å². The maximum atomic E-state index is 17.0. The van der Waals surface area contributed by atoms with Crippen molar-refractivity contribution in [3.8, 4) is 23.0 Å². The second-order valence-electron chi connectivity index (χ2n) is 13.6. The molecule has 4 bridgehead atoms. The molecule has 2 aromatic carbocycles. The number of hydrogen-bond acceptors (Lipinski definition) is 10. The zero-order valence-corrected chi connectivity index (χ0v) is 27.4. The molecule has 1 amide bonds. The Kier molecular flexibility index (Phi) is 8.16. The molecule has 4 unspecified atom stereocenters. The molecule has 4 aromatic rings. The number of piperidine rings is 2. The van der Waals surface area contributed by atoms with Gasteiger partial charge in [0.2, 0.25) is 0 Å². The predicted molar refractivity (Wildman–Crippen MR) is 181 cm³/mol. The number of amides is 1. The summed E-state index contributed by atoms with van der Waals surface area (Å²) in [5, 5.41) is 19.1. The number of benzene rings is 2. The van der Waals surface area contributed by atoms with Crippen molar-refractivity contribution in [2.24, 2.45) is 5.92 Å². The Bertz CT molecular complexity index is 1860. The van der Waals surface area contributed by atoms with E-state index in [2.05, 4.69) is 27.4 Å². The fourth-order valence-electron chi connectivity index (χ4n) is 8.47. The van der Waals surface area contributed by atoms with Gasteiger partial charge in [0.1, 0.15) is 29.4 Å². The Morgan fingerprint density at radius 1 is 1.12 bits per heavy atom. The number of pyridine rings is 1. The van der Waals surface area contributed by atoms with Crippen LogP contribution in [-0.4, -0.2) is 88.7 Å². The van der Waals surface area contributed by atoms with Crippen LogP contribution < -0.4 is 20.3 Å². The summed E-state index contributed by atoms with van der Waals surface area (Å²) >= 11 is 0. The standard InChI is InChI=1S/C36H42FN7O4/c1-3-20-6-4-7-22-14-26(45)15-27(29(20)22)31-30(37)32-28(16-39-31)33(43-17-23-10-11-24(18-43)40-23)42-35(41-32)48-34-21-8-5-13-44(34)25(12-9-21)19-47-36(46)38-2/h4,6-7,14-16,21,23-25,34,40,45H,3,5,8-13,17-19H2,1-2H3,(H,38,46)/t21-,23?,24?,25+,34?/m0/s1. The van der Waals surface area contributed by atoms with Gasteiger partial charge in [-0.3, -0.25) is 9.88 Å². The van der Waals surface area contributed by atoms with Crippen molar-refractivity contribution in [2.45, 2.75) is 76.2 Å². The number of phenolic OH excluding ortho intramolecular Hbond substituents is 1. The molecule has 252 valence electrons. The number of nitrogens with one attached hydrogen (secondary N) is 2. The number of rotatable bonds is 7. The van der Waals surface area contributed by atoms with E-state index in [0.717, 1.165) is 80.9 Å². The number of piperazine rings is 1. The van der Waals surface area contributed by atoms with Crippen LogP contribution in [-0.2, 0) is 11.2 Å². The molecule has 4 fully saturated rings. The van der Waals surface area contributed by atoms with Crippen LogP contribution in [0.5, 0.6) is 11.8 Å². The number of anilines is 1. The molecule has 3 N–H and O–H groups in total. The Morgan fingerprint density at radius 2 is 1.96 bits per heavy atom. The highest BCUT2D eigenvalue weighted by atomic mass is 19.1. The fourth-order valence-corrected chi connectivity index (χ4v) is 8.47. The van der Waals surface area contributed by atoms with Gasteiger partial charge in [-0.1, -0.05) is 25.1 Å². The van der Waals surface area contributed by atoms with Gasteiger partial charge in [-0.15, -0.1) is 0 Å². The largest absolute Gasteiger partial charge is 0.508 e. The number of ether oxygens (including phenoxy) is 2. The Morgan fingerprint density at radius 3 is 2.75 bits per heavy atom. The van der Waals surface area contributed by atoms with Crippen molar-refractivity contribution in [1.82, 2.24) is 30.5 Å². The van der Waals surface area contributed by atoms with Crippen LogP contribution in [0.2, 0.25) is 0 Å². The average Bonchev–Trinajstić information content (AvgIpc) is 3.43. The number of carbonyl (C=O) groups excluding carboxylic acids is 1. The van der Waals surface area contributed by atoms with Crippen LogP contribution in [0.15, 0.2) is 36.5 Å². The lowest BCUT2D eigenvalue weighted by Crippen LogP contribution is -2.58. The smallest absolute Gasteiger partial charge is 0.406 e. The summed E-state index contributed by atoms with van der Waals surface area (Å²) in [7, 11) is 1.55. The molecule has 12 heteroatoms. The van der Waals surface area contributed by atoms with Gasteiger partial charge >= 0.3 is 12.1 Å². The zero-order chi connectivity index (χ0) is 32.9. The zero-order valence-electron chi connectivity index (χ0n) is 27.4. The van der Waals surface area contributed by atoms with E-state index in [4.69, 9.17) is 24.4 Å². The third kappa shape index (κ3) is 5.54. The maximum absolute atomic E-state index is 17.0. The van der Waals surface area contributed by atoms with Gasteiger partial charge in [-0.05, 0) is 73.4 Å². The Labute approximate surface area is 278 Å². The van der Waals surface area contributed by atoms with E-state index >= 15 is 4.39 Å². The number of aromatic hydroxyl groups is 1. The number of hydrogen-bond donors (Lipinski definition) is 3. The second kappa shape index (κ2) is 12.6. The third-order valence-electron chi connectivity index (χ3n) is 10.7. The summed E-state index contributed by atoms with van der Waals surface area (Å²) in [6.45, 7) is 4.63. The summed E-state index contributed by atoms with van der Waals surface area (Å²) < 4.78 is 29.2. The van der Waals surface area contributed by atoms with E-state index in [1.165, 1.54) is 0 Å². The van der Waals surface area contributed by atoms with Crippen molar-refractivity contribution < 1.29 is 23.8 Å². The molecule has 8 rings (SSSR count). The highest BCUT2D eigenvalue weighted by Gasteiger charge is 2.43. The van der Waals surface area contributed by atoms with Crippen LogP contribution in [0, 0.1) is 11.7 Å². The summed E-state index contributed by atoms with van der Waals surface area (Å²) in [5.41, 5.74) is 1.84. The molecule has 0 radical (unpaired) electrons. The molecule has 0 saturated carbocycles. The Hall–Kier alpha value is -4.29. The molecular formula is C36H42FN7O4. The summed E-state index contributed by atoms with van der Waals surface area (Å²) in [5.74, 6) is 0.357. The van der Waals surface area contributed by atoms with Gasteiger partial charge in [0.05, 0.1) is 5.39 Å². The minimum absolute atomic E-state index is 0.00640. The lowest BCUT2D eigenvalue weighted by molar-refractivity contribution is -0.115. The molecule has 2 aromatic heterocycles. The second-order valence-corrected chi connectivity index (χ2v) is 13.6. The van der Waals surface area contributed by atoms with Crippen LogP contribution in [0.1, 0.15) is 51.0 Å². The number of aromatic nitrogens is 3. The molecule has 0 spiro atoms. The van der Waals surface area contributed by atoms with Crippen molar-refractivity contribution in [3.63, 3.8) is 0 Å². The van der Waals surface area contributed by atoms with Gasteiger partial charge in [0.25, 0.3) is 0 Å². The molecule has 0 aliphatic carbocycles. The van der Waals surface area contributed by atoms with E-state index in [1.54, 1.807) is 25.4 Å². The molecule has 6 atom stereocenters. The third-order valence-corrected chi connectivity index (χ3v) is 10.7. The number of alkyl carbamates (subject to hydrolysis) is 1. The van der Waals surface area contributed by atoms with Crippen molar-refractivity contribution in [2.75, 3.05) is 38.2 Å². The lowest BCUT2D eigenvalue weighted by atomic mass is 9.84. The number of halogens is 1. The molecule has 4 aliphatic rings. The van der Waals surface area contributed by atoms with E-state index in [0.29, 0.717) is 28.9 Å². The number of aryl methyl sites for hydroxylation is 1. The van der Waals surface area contributed by atoms with Crippen LogP contribution >= 0.6 is 0 Å². The molecule has 11 nitrogen and oxygen atoms in total. The fraction of sp³-hybridized carbons (Fsp3) is 0.500. The molecule has 4 saturated heterocycles. The number of carbonyl (C=O) groups is 1. The highest BCUT2D eigenvalue weighted by molar-refractivity contribution is 6.01. The first kappa shape index (κ1) is 31.0. The van der Waals surface area contributed by atoms with Crippen molar-refractivity contribution in [3.05, 3.63) is 47.9 Å². The molecular weight excluding hydrogens is 613 g/mol. The van der Waals surface area contributed by atoms with Crippen molar-refractivity contribution >= 4 is 33.6 Å². The van der Waals surface area contributed by atoms with Gasteiger partial charge in [-0.2, -0.15) is 9.97 Å². The first-order chi connectivity index (χ1) is 23.4. The van der Waals surface area contributed by atoms with Crippen LogP contribution in [0.25, 0.3) is 32.9 Å². The molecule has 48 heavy (non-hydrogen) atoms. The highest BCUT2D eigenvalue weighted by Crippen LogP contribution is 2.41. The first-order valence-corrected chi connectivity index (χ1v) is 17.3. The average molecular weight is 656 g/mol. The van der Waals surface area contributed by atoms with Crippen LogP contribution in [0.3, 0.4) is 0 Å². The first-order valence-electron chi connectivity index (χ1n) is 17.3. The minimum atomic E-state index is -0.571. The summed E-state index contributed by atoms with van der Waals surface area (Å²) in [6, 6.07) is 9.99. The van der Waals surface area contributed by atoms with Crippen molar-refractivity contribution in [1.29, 1.82) is 0 Å². The van der Waals surface area contributed by atoms with Gasteiger partial charge in [-0.25, -0.2) is 9.18 Å². The SMILES string of the molecule is CCc1cccc2cc(O)cc(-c3ncc4c(N5CC6CCC(C5)N6)nc(OC5[C@H]6CCCN5[C@@H](COC(=O)NC)CC6)nc4c3F)c12. The van der Waals surface area contributed by atoms with Gasteiger partial charge in [0.15, 0.2) is 12.0 Å². The Balaban J connectivity index is 1.23. The summed E-state index contributed by atoms with van der Waals surface area (Å²) in [4.78, 5) is 30.8. The monoisotopic (exact) mass is 655 g/mol. The minimum Gasteiger partial charge on any atom is -0.508 e. The molecule has 6 heterocycles. The normalized spacial score (nSPS) is 26.5. The molecule has 4 aliphatic heterocycles. The quantitative estimate of drug-likeness (QED) is 0.247. The lowest BCUT2D eigenvalue weighted by Gasteiger charge is -2.48. The van der Waals surface area contributed by atoms with E-state index in [-0.39, 0.29) is 47.8 Å². The van der Waals surface area contributed by atoms with Crippen LogP contribution in [0.4, 0.5) is 15.0 Å². The number of nitrogens with zero attached hydrogens (tertiary/aromatic N) is 5. The van der Waals surface area contributed by atoms with E-state index in [9.17, 15) is 9.90 Å². The predicted octanol–water partition coefficient (Wildman–Crippen LogP) is 5.13.